The summed E-state index contributed by atoms with van der Waals surface area (Å²) >= 11 is 0. The highest BCUT2D eigenvalue weighted by Crippen LogP contribution is 2.41. The summed E-state index contributed by atoms with van der Waals surface area (Å²) in [7, 11) is 1.51. The van der Waals surface area contributed by atoms with Crippen molar-refractivity contribution in [1.82, 2.24) is 4.90 Å². The van der Waals surface area contributed by atoms with Crippen LogP contribution in [0, 0.1) is 11.7 Å². The molecule has 0 aromatic heterocycles. The van der Waals surface area contributed by atoms with Crippen molar-refractivity contribution >= 4 is 11.9 Å². The second kappa shape index (κ2) is 8.61. The number of alkyl halides is 2. The molecule has 0 fully saturated rings. The summed E-state index contributed by atoms with van der Waals surface area (Å²) in [5.41, 5.74) is 6.34. The third kappa shape index (κ3) is 4.11. The molecule has 31 heavy (non-hydrogen) atoms. The Labute approximate surface area is 179 Å². The molecule has 0 spiro atoms. The predicted octanol–water partition coefficient (Wildman–Crippen LogP) is 4.22. The number of guanidine groups is 1. The first-order valence-electron chi connectivity index (χ1n) is 10.1. The Hall–Kier alpha value is -3.03. The summed E-state index contributed by atoms with van der Waals surface area (Å²) in [6, 6.07) is 9.02. The molecule has 5 nitrogen and oxygen atoms in total. The molecule has 0 saturated heterocycles. The van der Waals surface area contributed by atoms with Crippen molar-refractivity contribution in [2.75, 3.05) is 7.05 Å². The molecule has 0 unspecified atom stereocenters. The molecule has 2 aromatic rings. The second-order valence-corrected chi connectivity index (χ2v) is 8.00. The van der Waals surface area contributed by atoms with Crippen LogP contribution in [0.2, 0.25) is 0 Å². The summed E-state index contributed by atoms with van der Waals surface area (Å²) in [4.78, 5) is 19.1. The monoisotopic (exact) mass is 433 g/mol. The maximum absolute atomic E-state index is 14.4. The van der Waals surface area contributed by atoms with Crippen LogP contribution in [0.3, 0.4) is 0 Å². The van der Waals surface area contributed by atoms with Crippen molar-refractivity contribution < 1.29 is 22.7 Å². The van der Waals surface area contributed by atoms with Crippen molar-refractivity contribution in [3.05, 3.63) is 64.5 Å². The minimum atomic E-state index is -2.96. The molecule has 3 rings (SSSR count). The normalized spacial score (nSPS) is 18.8. The average Bonchev–Trinajstić information content (AvgIpc) is 2.94. The van der Waals surface area contributed by atoms with E-state index in [4.69, 9.17) is 5.73 Å². The number of halogens is 3. The molecular weight excluding hydrogens is 407 g/mol. The second-order valence-electron chi connectivity index (χ2n) is 8.00. The number of rotatable bonds is 7. The number of nitrogens with zero attached hydrogens (tertiary/aromatic N) is 2. The maximum atomic E-state index is 14.4. The van der Waals surface area contributed by atoms with E-state index >= 15 is 0 Å². The number of ether oxygens (including phenoxy) is 1. The Morgan fingerprint density at radius 3 is 2.26 bits per heavy atom. The van der Waals surface area contributed by atoms with Crippen molar-refractivity contribution in [3.8, 4) is 5.75 Å². The number of hydrogen-bond donors (Lipinski definition) is 1. The van der Waals surface area contributed by atoms with Crippen LogP contribution in [0.15, 0.2) is 41.4 Å². The van der Waals surface area contributed by atoms with Crippen LogP contribution in [0.1, 0.15) is 43.0 Å². The largest absolute Gasteiger partial charge is 0.435 e. The third-order valence-corrected chi connectivity index (χ3v) is 5.41. The van der Waals surface area contributed by atoms with E-state index in [0.717, 1.165) is 0 Å². The number of benzene rings is 2. The van der Waals surface area contributed by atoms with Gasteiger partial charge in [0.25, 0.3) is 5.91 Å². The van der Waals surface area contributed by atoms with Crippen molar-refractivity contribution in [2.24, 2.45) is 16.6 Å². The van der Waals surface area contributed by atoms with Crippen LogP contribution in [-0.4, -0.2) is 30.4 Å². The predicted molar refractivity (Wildman–Crippen MR) is 113 cm³/mol. The Kier molecular flexibility index (Phi) is 6.29. The Morgan fingerprint density at radius 2 is 1.74 bits per heavy atom. The van der Waals surface area contributed by atoms with Crippen LogP contribution < -0.4 is 10.5 Å². The van der Waals surface area contributed by atoms with E-state index in [2.05, 4.69) is 9.73 Å². The lowest BCUT2D eigenvalue weighted by Gasteiger charge is -2.27. The first kappa shape index (κ1) is 22.7. The number of carbonyl (C=O) groups is 1. The average molecular weight is 433 g/mol. The van der Waals surface area contributed by atoms with Gasteiger partial charge in [-0.3, -0.25) is 9.69 Å². The SMILES string of the molecule is CCc1cc([C@]2(c3ccc(F)c(CC(C)C)c3)N=C(N)N(C)C2=O)ccc1OC(F)F. The van der Waals surface area contributed by atoms with Crippen LogP contribution >= 0.6 is 0 Å². The molecule has 0 radical (unpaired) electrons. The van der Waals surface area contributed by atoms with Crippen molar-refractivity contribution in [2.45, 2.75) is 45.8 Å². The van der Waals surface area contributed by atoms with E-state index < -0.39 is 18.1 Å². The van der Waals surface area contributed by atoms with Gasteiger partial charge in [0.15, 0.2) is 11.5 Å². The molecule has 0 aliphatic carbocycles. The molecule has 1 atom stereocenters. The highest BCUT2D eigenvalue weighted by atomic mass is 19.3. The first-order valence-corrected chi connectivity index (χ1v) is 10.1. The number of amides is 1. The molecule has 0 bridgehead atoms. The van der Waals surface area contributed by atoms with E-state index in [9.17, 15) is 18.0 Å². The fourth-order valence-electron chi connectivity index (χ4n) is 3.87. The fraction of sp³-hybridized carbons (Fsp3) is 0.391. The Balaban J connectivity index is 2.23. The van der Waals surface area contributed by atoms with Gasteiger partial charge in [-0.05, 0) is 65.3 Å². The van der Waals surface area contributed by atoms with Gasteiger partial charge in [-0.15, -0.1) is 0 Å². The Bertz CT molecular complexity index is 1020. The zero-order chi connectivity index (χ0) is 22.9. The van der Waals surface area contributed by atoms with Gasteiger partial charge in [0.1, 0.15) is 11.6 Å². The quantitative estimate of drug-likeness (QED) is 0.711. The standard InChI is InChI=1S/C23H26F3N3O2/c1-5-14-11-17(7-9-19(14)31-21(25)26)23(20(30)29(4)22(27)28-23)16-6-8-18(24)15(12-16)10-13(2)3/h6-9,11-13,21H,5,10H2,1-4H3,(H2,27,28)/t23-/m0/s1. The molecule has 166 valence electrons. The first-order chi connectivity index (χ1) is 14.6. The summed E-state index contributed by atoms with van der Waals surface area (Å²) in [5, 5.41) is 0. The smallest absolute Gasteiger partial charge is 0.387 e. The van der Waals surface area contributed by atoms with Crippen molar-refractivity contribution in [3.63, 3.8) is 0 Å². The van der Waals surface area contributed by atoms with Crippen LogP contribution in [0.4, 0.5) is 13.2 Å². The summed E-state index contributed by atoms with van der Waals surface area (Å²) < 4.78 is 44.6. The van der Waals surface area contributed by atoms with Gasteiger partial charge in [-0.2, -0.15) is 8.78 Å². The van der Waals surface area contributed by atoms with Gasteiger partial charge in [-0.1, -0.05) is 32.9 Å². The molecule has 0 saturated carbocycles. The molecule has 2 aromatic carbocycles. The highest BCUT2D eigenvalue weighted by molar-refractivity contribution is 6.09. The van der Waals surface area contributed by atoms with Crippen LogP contribution in [-0.2, 0) is 23.2 Å². The fourth-order valence-corrected chi connectivity index (χ4v) is 3.87. The van der Waals surface area contributed by atoms with Crippen molar-refractivity contribution in [1.29, 1.82) is 0 Å². The zero-order valence-electron chi connectivity index (χ0n) is 18.0. The van der Waals surface area contributed by atoms with E-state index in [-0.39, 0.29) is 23.4 Å². The molecule has 1 amide bonds. The third-order valence-electron chi connectivity index (χ3n) is 5.41. The van der Waals surface area contributed by atoms with E-state index in [1.165, 1.54) is 36.2 Å². The van der Waals surface area contributed by atoms with E-state index in [1.807, 2.05) is 13.8 Å². The van der Waals surface area contributed by atoms with E-state index in [0.29, 0.717) is 35.1 Å². The molecular formula is C23H26F3N3O2. The minimum absolute atomic E-state index is 0.0192. The van der Waals surface area contributed by atoms with Crippen LogP contribution in [0.25, 0.3) is 0 Å². The van der Waals surface area contributed by atoms with Gasteiger partial charge in [-0.25, -0.2) is 9.38 Å². The van der Waals surface area contributed by atoms with Gasteiger partial charge in [0.2, 0.25) is 0 Å². The van der Waals surface area contributed by atoms with Gasteiger partial charge in [0.05, 0.1) is 0 Å². The number of carbonyl (C=O) groups excluding carboxylic acids is 1. The maximum Gasteiger partial charge on any atom is 0.387 e. The van der Waals surface area contributed by atoms with Gasteiger partial charge in [0, 0.05) is 7.05 Å². The van der Waals surface area contributed by atoms with Crippen LogP contribution in [0.5, 0.6) is 5.75 Å². The number of likely N-dealkylation sites (N-methyl/N-ethyl adjacent to an activating group) is 1. The lowest BCUT2D eigenvalue weighted by molar-refractivity contribution is -0.129. The summed E-state index contributed by atoms with van der Waals surface area (Å²) in [6.45, 7) is 2.78. The zero-order valence-corrected chi connectivity index (χ0v) is 18.0. The number of aliphatic imine (C=N–C) groups is 1. The van der Waals surface area contributed by atoms with E-state index in [1.54, 1.807) is 19.1 Å². The molecule has 1 aliphatic rings. The molecule has 8 heteroatoms. The molecule has 1 heterocycles. The summed E-state index contributed by atoms with van der Waals surface area (Å²) in [6.07, 6.45) is 0.886. The highest BCUT2D eigenvalue weighted by Gasteiger charge is 2.50. The number of hydrogen-bond acceptors (Lipinski definition) is 4. The Morgan fingerprint density at radius 1 is 1.13 bits per heavy atom. The lowest BCUT2D eigenvalue weighted by Crippen LogP contribution is -2.41. The lowest BCUT2D eigenvalue weighted by atomic mass is 9.80. The number of nitrogens with two attached hydrogens (primary N) is 1. The summed E-state index contributed by atoms with van der Waals surface area (Å²) in [5.74, 6) is -0.513. The van der Waals surface area contributed by atoms with Gasteiger partial charge < -0.3 is 10.5 Å². The minimum Gasteiger partial charge on any atom is -0.435 e. The molecule has 1 aliphatic heterocycles. The topological polar surface area (TPSA) is 67.9 Å². The number of aryl methyl sites for hydroxylation is 1. The van der Waals surface area contributed by atoms with Gasteiger partial charge >= 0.3 is 6.61 Å². The molecule has 2 N–H and O–H groups in total.